The number of hydrogen-bond acceptors (Lipinski definition) is 6. The Morgan fingerprint density at radius 3 is 2.43 bits per heavy atom. The van der Waals surface area contributed by atoms with Gasteiger partial charge in [-0.25, -0.2) is 0 Å². The van der Waals surface area contributed by atoms with Crippen LogP contribution in [0.2, 0.25) is 0 Å². The molecule has 0 saturated carbocycles. The fraction of sp³-hybridized carbons (Fsp3) is 0.500. The lowest BCUT2D eigenvalue weighted by molar-refractivity contribution is -0.405. The summed E-state index contributed by atoms with van der Waals surface area (Å²) in [7, 11) is 0. The molecule has 0 radical (unpaired) electrons. The molecule has 80 valence electrons. The summed E-state index contributed by atoms with van der Waals surface area (Å²) in [6.45, 7) is 3.22. The molecule has 3 N–H and O–H groups in total. The van der Waals surface area contributed by atoms with Crippen molar-refractivity contribution in [3.05, 3.63) is 24.0 Å². The first kappa shape index (κ1) is 10.8. The molecule has 1 heterocycles. The van der Waals surface area contributed by atoms with E-state index in [9.17, 15) is 5.11 Å². The molecule has 6 nitrogen and oxygen atoms in total. The second-order valence-corrected chi connectivity index (χ2v) is 2.64. The summed E-state index contributed by atoms with van der Waals surface area (Å²) < 4.78 is 13.9. The van der Waals surface area contributed by atoms with Crippen molar-refractivity contribution in [1.82, 2.24) is 0 Å². The number of ether oxygens (including phenoxy) is 3. The number of aliphatic hydroxyl groups excluding tert-OH is 1. The van der Waals surface area contributed by atoms with Crippen LogP contribution in [-0.2, 0) is 14.2 Å². The highest BCUT2D eigenvalue weighted by atomic mass is 16.9. The predicted molar refractivity (Wildman–Crippen MR) is 43.9 cm³/mol. The van der Waals surface area contributed by atoms with Gasteiger partial charge in [-0.2, -0.15) is 0 Å². The fourth-order valence-corrected chi connectivity index (χ4v) is 0.642. The minimum atomic E-state index is -2.54. The Morgan fingerprint density at radius 1 is 1.50 bits per heavy atom. The van der Waals surface area contributed by atoms with Crippen molar-refractivity contribution in [2.45, 2.75) is 26.1 Å². The third-order valence-corrected chi connectivity index (χ3v) is 1.43. The molecule has 0 fully saturated rings. The van der Waals surface area contributed by atoms with Gasteiger partial charge >= 0.3 is 11.9 Å². The maximum atomic E-state index is 9.44. The molecule has 1 aliphatic heterocycles. The maximum absolute atomic E-state index is 9.44. The van der Waals surface area contributed by atoms with Crippen LogP contribution in [0.25, 0.3) is 0 Å². The molecule has 0 aromatic heterocycles. The van der Waals surface area contributed by atoms with Crippen molar-refractivity contribution in [1.29, 1.82) is 0 Å². The summed E-state index contributed by atoms with van der Waals surface area (Å²) >= 11 is 0. The smallest absolute Gasteiger partial charge is 0.425 e. The molecule has 0 amide bonds. The zero-order valence-electron chi connectivity index (χ0n) is 7.80. The molecule has 0 aromatic carbocycles. The molecule has 1 atom stereocenters. The van der Waals surface area contributed by atoms with Crippen molar-refractivity contribution >= 4 is 0 Å². The molecule has 1 aliphatic rings. The highest BCUT2D eigenvalue weighted by molar-refractivity contribution is 5.08. The maximum Gasteiger partial charge on any atom is 0.425 e. The van der Waals surface area contributed by atoms with Gasteiger partial charge in [0.2, 0.25) is 0 Å². The van der Waals surface area contributed by atoms with Crippen molar-refractivity contribution < 1.29 is 29.5 Å². The van der Waals surface area contributed by atoms with Crippen LogP contribution in [0.3, 0.4) is 0 Å². The fourth-order valence-electron chi connectivity index (χ4n) is 0.642. The molecule has 1 unspecified atom stereocenters. The largest absolute Gasteiger partial charge is 0.435 e. The van der Waals surface area contributed by atoms with E-state index in [4.69, 9.17) is 10.2 Å². The van der Waals surface area contributed by atoms with Gasteiger partial charge in [-0.15, -0.1) is 0 Å². The van der Waals surface area contributed by atoms with E-state index < -0.39 is 12.3 Å². The van der Waals surface area contributed by atoms with Crippen LogP contribution >= 0.6 is 0 Å². The molecule has 0 saturated heterocycles. The van der Waals surface area contributed by atoms with E-state index in [2.05, 4.69) is 14.2 Å². The highest BCUT2D eigenvalue weighted by Crippen LogP contribution is 2.31. The van der Waals surface area contributed by atoms with Gasteiger partial charge in [0.05, 0.1) is 6.26 Å². The van der Waals surface area contributed by atoms with Gasteiger partial charge in [-0.3, -0.25) is 0 Å². The lowest BCUT2D eigenvalue weighted by atomic mass is 10.5. The van der Waals surface area contributed by atoms with Crippen molar-refractivity contribution in [2.75, 3.05) is 0 Å². The van der Waals surface area contributed by atoms with Crippen molar-refractivity contribution in [3.63, 3.8) is 0 Å². The lowest BCUT2D eigenvalue weighted by Gasteiger charge is -2.25. The Kier molecular flexibility index (Phi) is 3.00. The van der Waals surface area contributed by atoms with Gasteiger partial charge in [-0.1, -0.05) is 6.08 Å². The molecule has 0 spiro atoms. The monoisotopic (exact) mass is 204 g/mol. The van der Waals surface area contributed by atoms with E-state index in [1.54, 1.807) is 13.8 Å². The number of rotatable bonds is 5. The molecule has 1 rings (SSSR count). The second-order valence-electron chi connectivity index (χ2n) is 2.64. The first-order chi connectivity index (χ1) is 6.49. The molecular weight excluding hydrogens is 192 g/mol. The highest BCUT2D eigenvalue weighted by Gasteiger charge is 2.44. The van der Waals surface area contributed by atoms with Gasteiger partial charge in [0.25, 0.3) is 6.29 Å². The molecule has 6 heteroatoms. The summed E-state index contributed by atoms with van der Waals surface area (Å²) in [6, 6.07) is 0. The van der Waals surface area contributed by atoms with E-state index in [0.717, 1.165) is 6.26 Å². The summed E-state index contributed by atoms with van der Waals surface area (Å²) in [5.74, 6) is -2.07. The van der Waals surface area contributed by atoms with Gasteiger partial charge in [-0.05, 0) is 6.92 Å². The summed E-state index contributed by atoms with van der Waals surface area (Å²) in [5, 5.41) is 27.0. The quantitative estimate of drug-likeness (QED) is 0.421. The summed E-state index contributed by atoms with van der Waals surface area (Å²) in [6.07, 6.45) is 0.312. The first-order valence-electron chi connectivity index (χ1n) is 3.95. The van der Waals surface area contributed by atoms with E-state index in [0.29, 0.717) is 5.76 Å². The Bertz CT molecular complexity index is 269. The standard InChI is InChI=1S/C8H12O6/c1-3-4-12-8(11,7(9)10)14-6-5(2)13-6/h3-4,7,9-11H,1-2H3/b4-3+. The minimum absolute atomic E-state index is 0.0186. The zero-order valence-corrected chi connectivity index (χ0v) is 7.80. The molecule has 14 heavy (non-hydrogen) atoms. The Hall–Kier alpha value is -1.24. The Morgan fingerprint density at radius 2 is 2.07 bits per heavy atom. The van der Waals surface area contributed by atoms with E-state index in [1.807, 2.05) is 0 Å². The Labute approximate surface area is 80.6 Å². The van der Waals surface area contributed by atoms with Crippen LogP contribution in [-0.4, -0.2) is 27.6 Å². The average Bonchev–Trinajstić information content (AvgIpc) is 2.78. The zero-order chi connectivity index (χ0) is 10.8. The summed E-state index contributed by atoms with van der Waals surface area (Å²) in [4.78, 5) is 0. The topological polar surface area (TPSA) is 91.7 Å². The van der Waals surface area contributed by atoms with Gasteiger partial charge in [0.15, 0.2) is 5.76 Å². The third kappa shape index (κ3) is 2.38. The van der Waals surface area contributed by atoms with E-state index in [1.165, 1.54) is 6.08 Å². The average molecular weight is 204 g/mol. The third-order valence-electron chi connectivity index (χ3n) is 1.43. The van der Waals surface area contributed by atoms with E-state index in [-0.39, 0.29) is 5.95 Å². The molecule has 0 bridgehead atoms. The second kappa shape index (κ2) is 3.87. The van der Waals surface area contributed by atoms with Gasteiger partial charge < -0.3 is 29.5 Å². The molecular formula is C8H12O6. The van der Waals surface area contributed by atoms with Gasteiger partial charge in [0, 0.05) is 6.92 Å². The number of hydrogen-bond donors (Lipinski definition) is 3. The predicted octanol–water partition coefficient (Wildman–Crippen LogP) is -0.271. The molecule has 0 aromatic rings. The van der Waals surface area contributed by atoms with Crippen LogP contribution in [0.15, 0.2) is 24.0 Å². The summed E-state index contributed by atoms with van der Waals surface area (Å²) in [5.41, 5.74) is 0. The normalized spacial score (nSPS) is 19.6. The van der Waals surface area contributed by atoms with Crippen LogP contribution in [0, 0.1) is 0 Å². The van der Waals surface area contributed by atoms with Crippen LogP contribution in [0.5, 0.6) is 0 Å². The number of allylic oxidation sites excluding steroid dienone is 2. The van der Waals surface area contributed by atoms with Gasteiger partial charge in [0.1, 0.15) is 0 Å². The van der Waals surface area contributed by atoms with Crippen LogP contribution in [0.1, 0.15) is 13.8 Å². The lowest BCUT2D eigenvalue weighted by Crippen LogP contribution is -2.45. The van der Waals surface area contributed by atoms with Crippen molar-refractivity contribution in [2.24, 2.45) is 0 Å². The Balaban J connectivity index is 2.61. The van der Waals surface area contributed by atoms with Crippen LogP contribution in [0.4, 0.5) is 0 Å². The number of aliphatic hydroxyl groups is 3. The molecule has 0 aliphatic carbocycles. The minimum Gasteiger partial charge on any atom is -0.435 e. The first-order valence-corrected chi connectivity index (χ1v) is 3.95. The van der Waals surface area contributed by atoms with Crippen molar-refractivity contribution in [3.8, 4) is 0 Å². The van der Waals surface area contributed by atoms with Crippen LogP contribution < -0.4 is 0 Å². The van der Waals surface area contributed by atoms with E-state index >= 15 is 0 Å². The SMILES string of the molecule is C/C=C/OC(O)(OC1=C(C)O1)C(O)O.